The summed E-state index contributed by atoms with van der Waals surface area (Å²) in [5.41, 5.74) is 0.993. The Morgan fingerprint density at radius 3 is 2.57 bits per heavy atom. The van der Waals surface area contributed by atoms with Crippen LogP contribution >= 0.6 is 11.6 Å². The van der Waals surface area contributed by atoms with E-state index in [0.717, 1.165) is 5.56 Å². The Kier molecular flexibility index (Phi) is 5.24. The summed E-state index contributed by atoms with van der Waals surface area (Å²) in [6.07, 6.45) is 1.15. The van der Waals surface area contributed by atoms with E-state index in [9.17, 15) is 13.2 Å². The standard InChI is InChI=1S/C14H19ClN2O3S/c1-2-13-14(18)16-9-10-17(13)21(19,20)12-5-3-11(4-6-12)7-8-15/h3-6,13H,2,7-10H2,1H3,(H,16,18). The summed E-state index contributed by atoms with van der Waals surface area (Å²) in [4.78, 5) is 12.0. The topological polar surface area (TPSA) is 66.5 Å². The number of piperazine rings is 1. The van der Waals surface area contributed by atoms with E-state index in [0.29, 0.717) is 31.8 Å². The normalized spacial score (nSPS) is 20.3. The van der Waals surface area contributed by atoms with Crippen LogP contribution in [0.15, 0.2) is 29.2 Å². The molecule has 0 radical (unpaired) electrons. The molecule has 1 saturated heterocycles. The molecule has 1 amide bonds. The van der Waals surface area contributed by atoms with Gasteiger partial charge in [0.25, 0.3) is 0 Å². The molecule has 1 aliphatic rings. The lowest BCUT2D eigenvalue weighted by Gasteiger charge is -2.33. The van der Waals surface area contributed by atoms with Gasteiger partial charge in [0, 0.05) is 19.0 Å². The third kappa shape index (κ3) is 3.39. The number of benzene rings is 1. The van der Waals surface area contributed by atoms with Crippen molar-refractivity contribution in [1.29, 1.82) is 0 Å². The summed E-state index contributed by atoms with van der Waals surface area (Å²) in [5, 5.41) is 2.70. The van der Waals surface area contributed by atoms with Crippen molar-refractivity contribution in [3.8, 4) is 0 Å². The highest BCUT2D eigenvalue weighted by Crippen LogP contribution is 2.22. The SMILES string of the molecule is CCC1C(=O)NCCN1S(=O)(=O)c1ccc(CCCl)cc1. The number of aryl methyl sites for hydroxylation is 1. The van der Waals surface area contributed by atoms with Gasteiger partial charge in [-0.25, -0.2) is 8.42 Å². The maximum absolute atomic E-state index is 12.7. The van der Waals surface area contributed by atoms with Crippen molar-refractivity contribution in [2.45, 2.75) is 30.7 Å². The maximum atomic E-state index is 12.7. The molecule has 21 heavy (non-hydrogen) atoms. The van der Waals surface area contributed by atoms with Crippen LogP contribution < -0.4 is 5.32 Å². The molecular weight excluding hydrogens is 312 g/mol. The zero-order chi connectivity index (χ0) is 15.5. The molecule has 0 saturated carbocycles. The smallest absolute Gasteiger partial charge is 0.243 e. The molecule has 1 heterocycles. The van der Waals surface area contributed by atoms with Crippen LogP contribution in [0.4, 0.5) is 0 Å². The van der Waals surface area contributed by atoms with E-state index in [-0.39, 0.29) is 10.8 Å². The number of carbonyl (C=O) groups is 1. The highest BCUT2D eigenvalue weighted by atomic mass is 35.5. The summed E-state index contributed by atoms with van der Waals surface area (Å²) < 4.78 is 26.7. The summed E-state index contributed by atoms with van der Waals surface area (Å²) in [7, 11) is -3.65. The molecule has 0 aromatic heterocycles. The van der Waals surface area contributed by atoms with E-state index in [1.165, 1.54) is 4.31 Å². The molecule has 1 aliphatic heterocycles. The van der Waals surface area contributed by atoms with E-state index in [1.807, 2.05) is 6.92 Å². The van der Waals surface area contributed by atoms with Gasteiger partial charge in [0.2, 0.25) is 15.9 Å². The van der Waals surface area contributed by atoms with Crippen LogP contribution in [0.1, 0.15) is 18.9 Å². The first-order chi connectivity index (χ1) is 10.0. The molecule has 0 spiro atoms. The number of nitrogens with one attached hydrogen (secondary N) is 1. The van der Waals surface area contributed by atoms with Gasteiger partial charge >= 0.3 is 0 Å². The predicted octanol–water partition coefficient (Wildman–Crippen LogP) is 1.37. The average Bonchev–Trinajstić information content (AvgIpc) is 2.48. The van der Waals surface area contributed by atoms with Crippen molar-refractivity contribution in [3.63, 3.8) is 0 Å². The predicted molar refractivity (Wildman–Crippen MR) is 81.8 cm³/mol. The van der Waals surface area contributed by atoms with E-state index >= 15 is 0 Å². The minimum atomic E-state index is -3.65. The van der Waals surface area contributed by atoms with Gasteiger partial charge in [-0.1, -0.05) is 19.1 Å². The quantitative estimate of drug-likeness (QED) is 0.829. The van der Waals surface area contributed by atoms with E-state index < -0.39 is 16.1 Å². The highest BCUT2D eigenvalue weighted by Gasteiger charge is 2.37. The van der Waals surface area contributed by atoms with Crippen LogP contribution in [0.2, 0.25) is 0 Å². The second kappa shape index (κ2) is 6.77. The third-order valence-electron chi connectivity index (χ3n) is 3.58. The number of nitrogens with zero attached hydrogens (tertiary/aromatic N) is 1. The molecule has 7 heteroatoms. The summed E-state index contributed by atoms with van der Waals surface area (Å²) in [6.45, 7) is 2.45. The highest BCUT2D eigenvalue weighted by molar-refractivity contribution is 7.89. The molecule has 1 atom stereocenters. The van der Waals surface area contributed by atoms with Gasteiger partial charge in [-0.2, -0.15) is 4.31 Å². The number of carbonyl (C=O) groups excluding carboxylic acids is 1. The van der Waals surface area contributed by atoms with E-state index in [1.54, 1.807) is 24.3 Å². The molecule has 116 valence electrons. The van der Waals surface area contributed by atoms with Gasteiger partial charge in [-0.15, -0.1) is 11.6 Å². The number of hydrogen-bond donors (Lipinski definition) is 1. The largest absolute Gasteiger partial charge is 0.353 e. The first-order valence-electron chi connectivity index (χ1n) is 6.95. The Bertz CT molecular complexity index is 601. The Morgan fingerprint density at radius 1 is 1.33 bits per heavy atom. The van der Waals surface area contributed by atoms with Gasteiger partial charge in [0.15, 0.2) is 0 Å². The van der Waals surface area contributed by atoms with Crippen LogP contribution in [-0.4, -0.2) is 43.6 Å². The fourth-order valence-corrected chi connectivity index (χ4v) is 4.32. The molecule has 0 aliphatic carbocycles. The van der Waals surface area contributed by atoms with Crippen LogP contribution in [0, 0.1) is 0 Å². The first kappa shape index (κ1) is 16.3. The lowest BCUT2D eigenvalue weighted by Crippen LogP contribution is -2.56. The lowest BCUT2D eigenvalue weighted by molar-refractivity contribution is -0.126. The van der Waals surface area contributed by atoms with Crippen LogP contribution in [0.5, 0.6) is 0 Å². The summed E-state index contributed by atoms with van der Waals surface area (Å²) in [6, 6.07) is 6.05. The van der Waals surface area contributed by atoms with E-state index in [4.69, 9.17) is 11.6 Å². The number of alkyl halides is 1. The zero-order valence-electron chi connectivity index (χ0n) is 11.9. The van der Waals surface area contributed by atoms with Crippen molar-refractivity contribution < 1.29 is 13.2 Å². The Hall–Kier alpha value is -1.11. The third-order valence-corrected chi connectivity index (χ3v) is 5.69. The van der Waals surface area contributed by atoms with Crippen LogP contribution in [0.25, 0.3) is 0 Å². The Balaban J connectivity index is 2.29. The van der Waals surface area contributed by atoms with Crippen molar-refractivity contribution in [1.82, 2.24) is 9.62 Å². The second-order valence-corrected chi connectivity index (χ2v) is 7.18. The van der Waals surface area contributed by atoms with Gasteiger partial charge < -0.3 is 5.32 Å². The fraction of sp³-hybridized carbons (Fsp3) is 0.500. The van der Waals surface area contributed by atoms with Crippen LogP contribution in [-0.2, 0) is 21.2 Å². The summed E-state index contributed by atoms with van der Waals surface area (Å²) in [5.74, 6) is 0.266. The van der Waals surface area contributed by atoms with Gasteiger partial charge in [0.05, 0.1) is 4.90 Å². The number of sulfonamides is 1. The molecular formula is C14H19ClN2O3S. The molecule has 1 N–H and O–H groups in total. The van der Waals surface area contributed by atoms with Gasteiger partial charge in [-0.05, 0) is 30.5 Å². The second-order valence-electron chi connectivity index (χ2n) is 4.91. The lowest BCUT2D eigenvalue weighted by atomic mass is 10.2. The minimum Gasteiger partial charge on any atom is -0.353 e. The minimum absolute atomic E-state index is 0.217. The average molecular weight is 331 g/mol. The van der Waals surface area contributed by atoms with Crippen molar-refractivity contribution in [2.75, 3.05) is 19.0 Å². The van der Waals surface area contributed by atoms with Gasteiger partial charge in [0.1, 0.15) is 6.04 Å². The number of rotatable bonds is 5. The number of amides is 1. The summed E-state index contributed by atoms with van der Waals surface area (Å²) >= 11 is 5.67. The zero-order valence-corrected chi connectivity index (χ0v) is 13.5. The van der Waals surface area contributed by atoms with Gasteiger partial charge in [-0.3, -0.25) is 4.79 Å². The molecule has 1 unspecified atom stereocenters. The molecule has 1 aromatic carbocycles. The fourth-order valence-electron chi connectivity index (χ4n) is 2.44. The van der Waals surface area contributed by atoms with E-state index in [2.05, 4.69) is 5.32 Å². The van der Waals surface area contributed by atoms with Crippen molar-refractivity contribution in [3.05, 3.63) is 29.8 Å². The monoisotopic (exact) mass is 330 g/mol. The number of halogens is 1. The molecule has 5 nitrogen and oxygen atoms in total. The Morgan fingerprint density at radius 2 is 2.00 bits per heavy atom. The first-order valence-corrected chi connectivity index (χ1v) is 8.92. The van der Waals surface area contributed by atoms with Crippen LogP contribution in [0.3, 0.4) is 0 Å². The number of hydrogen-bond acceptors (Lipinski definition) is 3. The maximum Gasteiger partial charge on any atom is 0.243 e. The molecule has 1 aromatic rings. The molecule has 0 bridgehead atoms. The Labute approximate surface area is 130 Å². The molecule has 1 fully saturated rings. The van der Waals surface area contributed by atoms with Crippen molar-refractivity contribution in [2.24, 2.45) is 0 Å². The van der Waals surface area contributed by atoms with Crippen molar-refractivity contribution >= 4 is 27.5 Å². The molecule has 2 rings (SSSR count).